The Bertz CT molecular complexity index is 529. The molecule has 0 bridgehead atoms. The lowest BCUT2D eigenvalue weighted by atomic mass is 9.48. The second kappa shape index (κ2) is 5.82. The molecule has 0 saturated heterocycles. The van der Waals surface area contributed by atoms with E-state index >= 15 is 0 Å². The smallest absolute Gasteiger partial charge is 0.0886 e. The summed E-state index contributed by atoms with van der Waals surface area (Å²) in [6, 6.07) is 0. The number of aliphatic hydroxyl groups is 1. The Morgan fingerprint density at radius 2 is 1.88 bits per heavy atom. The summed E-state index contributed by atoms with van der Waals surface area (Å²) in [6.07, 6.45) is 10.9. The molecule has 4 aliphatic carbocycles. The Kier molecular flexibility index (Phi) is 4.14. The van der Waals surface area contributed by atoms with Gasteiger partial charge in [0.15, 0.2) is 0 Å². The number of fused-ring (bicyclic) bond motifs is 5. The van der Waals surface area contributed by atoms with E-state index in [2.05, 4.69) is 19.9 Å². The van der Waals surface area contributed by atoms with E-state index in [0.717, 1.165) is 18.8 Å². The molecule has 3 heteroatoms. The van der Waals surface area contributed by atoms with Crippen LogP contribution in [0.5, 0.6) is 0 Å². The summed E-state index contributed by atoms with van der Waals surface area (Å²) in [5.41, 5.74) is 2.17. The number of ether oxygens (including phenoxy) is 2. The molecular weight excluding hydrogens is 300 g/mol. The highest BCUT2D eigenvalue weighted by Crippen LogP contribution is 2.65. The Hall–Kier alpha value is -0.380. The average Bonchev–Trinajstić information content (AvgIpc) is 2.83. The molecule has 8 atom stereocenters. The van der Waals surface area contributed by atoms with E-state index in [1.807, 2.05) is 7.11 Å². The normalized spacial score (nSPS) is 53.8. The third kappa shape index (κ3) is 2.20. The summed E-state index contributed by atoms with van der Waals surface area (Å²) >= 11 is 0. The van der Waals surface area contributed by atoms with Gasteiger partial charge in [-0.15, -0.1) is 0 Å². The Labute approximate surface area is 146 Å². The second-order valence-corrected chi connectivity index (χ2v) is 9.36. The van der Waals surface area contributed by atoms with Crippen LogP contribution in [0.4, 0.5) is 0 Å². The minimum absolute atomic E-state index is 0.0193. The van der Waals surface area contributed by atoms with Crippen molar-refractivity contribution in [2.75, 3.05) is 14.2 Å². The van der Waals surface area contributed by atoms with Gasteiger partial charge in [-0.1, -0.05) is 25.5 Å². The van der Waals surface area contributed by atoms with Gasteiger partial charge in [-0.3, -0.25) is 0 Å². The zero-order chi connectivity index (χ0) is 17.1. The Balaban J connectivity index is 1.64. The van der Waals surface area contributed by atoms with Crippen LogP contribution >= 0.6 is 0 Å². The number of aliphatic hydroxyl groups excluding tert-OH is 1. The molecule has 0 aromatic heterocycles. The van der Waals surface area contributed by atoms with Gasteiger partial charge in [0.05, 0.1) is 18.3 Å². The Morgan fingerprint density at radius 3 is 2.58 bits per heavy atom. The molecule has 0 unspecified atom stereocenters. The highest BCUT2D eigenvalue weighted by molar-refractivity contribution is 5.25. The fraction of sp³-hybridized carbons (Fsp3) is 0.905. The van der Waals surface area contributed by atoms with Gasteiger partial charge >= 0.3 is 0 Å². The summed E-state index contributed by atoms with van der Waals surface area (Å²) < 4.78 is 11.4. The molecule has 0 aromatic carbocycles. The molecule has 0 aromatic rings. The molecular formula is C21H34O3. The number of methoxy groups -OCH3 is 2. The van der Waals surface area contributed by atoms with Crippen LogP contribution in [0.25, 0.3) is 0 Å². The maximum atomic E-state index is 10.6. The highest BCUT2D eigenvalue weighted by Gasteiger charge is 2.61. The monoisotopic (exact) mass is 334 g/mol. The van der Waals surface area contributed by atoms with E-state index in [0.29, 0.717) is 23.4 Å². The zero-order valence-corrected chi connectivity index (χ0v) is 15.8. The molecule has 1 N–H and O–H groups in total. The van der Waals surface area contributed by atoms with Crippen LogP contribution in [0.3, 0.4) is 0 Å². The van der Waals surface area contributed by atoms with Gasteiger partial charge in [-0.25, -0.2) is 0 Å². The number of allylic oxidation sites excluding steroid dienone is 1. The second-order valence-electron chi connectivity index (χ2n) is 9.36. The molecule has 136 valence electrons. The van der Waals surface area contributed by atoms with Crippen LogP contribution < -0.4 is 0 Å². The van der Waals surface area contributed by atoms with Crippen molar-refractivity contribution in [3.05, 3.63) is 11.6 Å². The molecule has 24 heavy (non-hydrogen) atoms. The predicted octanol–water partition coefficient (Wildman–Crippen LogP) is 3.95. The van der Waals surface area contributed by atoms with Crippen LogP contribution in [0, 0.1) is 28.6 Å². The van der Waals surface area contributed by atoms with Crippen molar-refractivity contribution in [1.29, 1.82) is 0 Å². The molecule has 0 aliphatic heterocycles. The molecule has 0 spiro atoms. The van der Waals surface area contributed by atoms with E-state index in [4.69, 9.17) is 9.47 Å². The first-order valence-corrected chi connectivity index (χ1v) is 9.87. The number of rotatable bonds is 2. The van der Waals surface area contributed by atoms with Crippen LogP contribution in [-0.2, 0) is 9.47 Å². The minimum atomic E-state index is -0.286. The van der Waals surface area contributed by atoms with Crippen molar-refractivity contribution in [3.8, 4) is 0 Å². The van der Waals surface area contributed by atoms with Gasteiger partial charge < -0.3 is 14.6 Å². The molecule has 3 nitrogen and oxygen atoms in total. The van der Waals surface area contributed by atoms with Crippen molar-refractivity contribution >= 4 is 0 Å². The molecule has 4 aliphatic rings. The first-order valence-electron chi connectivity index (χ1n) is 9.87. The van der Waals surface area contributed by atoms with Crippen molar-refractivity contribution < 1.29 is 14.6 Å². The van der Waals surface area contributed by atoms with E-state index in [1.165, 1.54) is 32.1 Å². The number of hydrogen-bond donors (Lipinski definition) is 1. The van der Waals surface area contributed by atoms with Crippen molar-refractivity contribution in [1.82, 2.24) is 0 Å². The fourth-order valence-corrected chi connectivity index (χ4v) is 7.22. The maximum Gasteiger partial charge on any atom is 0.0886 e. The predicted molar refractivity (Wildman–Crippen MR) is 94.7 cm³/mol. The van der Waals surface area contributed by atoms with E-state index < -0.39 is 0 Å². The number of hydrogen-bond acceptors (Lipinski definition) is 3. The third-order valence-electron chi connectivity index (χ3n) is 8.58. The van der Waals surface area contributed by atoms with Crippen LogP contribution in [0.1, 0.15) is 58.8 Å². The molecule has 0 radical (unpaired) electrons. The molecule has 4 rings (SSSR count). The summed E-state index contributed by atoms with van der Waals surface area (Å²) in [5.74, 6) is 2.09. The minimum Gasteiger partial charge on any atom is -0.390 e. The van der Waals surface area contributed by atoms with Crippen molar-refractivity contribution in [3.63, 3.8) is 0 Å². The highest BCUT2D eigenvalue weighted by atomic mass is 16.5. The van der Waals surface area contributed by atoms with Crippen LogP contribution in [0.2, 0.25) is 0 Å². The van der Waals surface area contributed by atoms with Gasteiger partial charge in [0.25, 0.3) is 0 Å². The fourth-order valence-electron chi connectivity index (χ4n) is 7.22. The van der Waals surface area contributed by atoms with Crippen LogP contribution in [0.15, 0.2) is 11.6 Å². The molecule has 0 heterocycles. The van der Waals surface area contributed by atoms with Crippen LogP contribution in [-0.4, -0.2) is 37.6 Å². The van der Waals surface area contributed by atoms with E-state index in [-0.39, 0.29) is 17.6 Å². The largest absolute Gasteiger partial charge is 0.390 e. The summed E-state index contributed by atoms with van der Waals surface area (Å²) in [4.78, 5) is 0. The van der Waals surface area contributed by atoms with Gasteiger partial charge in [-0.2, -0.15) is 0 Å². The van der Waals surface area contributed by atoms with E-state index in [9.17, 15) is 5.11 Å². The lowest BCUT2D eigenvalue weighted by molar-refractivity contribution is -0.0972. The lowest BCUT2D eigenvalue weighted by Crippen LogP contribution is -2.51. The standard InChI is InChI=1S/C21H34O3/c1-20-9-7-14(23-3)11-13(20)5-6-15-16(20)8-10-21(2)17(15)12-18(22)19(21)24-4/h5,14-19,22H,6-12H2,1-4H3/t14-,15+,16-,17-,18+,19-,20-,21-/m0/s1. The molecule has 3 saturated carbocycles. The first-order chi connectivity index (χ1) is 11.4. The Morgan fingerprint density at radius 1 is 1.08 bits per heavy atom. The molecule has 3 fully saturated rings. The first kappa shape index (κ1) is 17.1. The average molecular weight is 335 g/mol. The third-order valence-corrected chi connectivity index (χ3v) is 8.58. The van der Waals surface area contributed by atoms with Crippen molar-refractivity contribution in [2.45, 2.75) is 77.1 Å². The quantitative estimate of drug-likeness (QED) is 0.777. The lowest BCUT2D eigenvalue weighted by Gasteiger charge is -2.57. The SMILES string of the molecule is CO[C@H]1CC[C@@]2(C)C(=CC[C@H]3[C@@H]4C[C@@H](O)[C@H](OC)[C@@]4(C)CC[C@@H]32)C1. The topological polar surface area (TPSA) is 38.7 Å². The zero-order valence-electron chi connectivity index (χ0n) is 15.8. The summed E-state index contributed by atoms with van der Waals surface area (Å²) in [6.45, 7) is 4.89. The van der Waals surface area contributed by atoms with Gasteiger partial charge in [0.2, 0.25) is 0 Å². The van der Waals surface area contributed by atoms with Gasteiger partial charge in [0, 0.05) is 14.2 Å². The maximum absolute atomic E-state index is 10.6. The van der Waals surface area contributed by atoms with E-state index in [1.54, 1.807) is 12.7 Å². The molecule has 0 amide bonds. The van der Waals surface area contributed by atoms with Gasteiger partial charge in [0.1, 0.15) is 0 Å². The summed E-state index contributed by atoms with van der Waals surface area (Å²) in [5, 5.41) is 10.6. The van der Waals surface area contributed by atoms with Gasteiger partial charge in [-0.05, 0) is 73.5 Å². The van der Waals surface area contributed by atoms with Crippen molar-refractivity contribution in [2.24, 2.45) is 28.6 Å². The summed E-state index contributed by atoms with van der Waals surface area (Å²) in [7, 11) is 3.64.